The minimum Gasteiger partial charge on any atom is -0.479 e. The van der Waals surface area contributed by atoms with Crippen LogP contribution >= 0.6 is 0 Å². The lowest BCUT2D eigenvalue weighted by molar-refractivity contribution is -0.150. The number of amides is 1. The number of carbonyl (C=O) groups excluding carboxylic acids is 1. The molecule has 7 nitrogen and oxygen atoms in total. The summed E-state index contributed by atoms with van der Waals surface area (Å²) in [5.41, 5.74) is -0.199. The molecule has 1 aromatic heterocycles. The zero-order chi connectivity index (χ0) is 18.9. The molecule has 3 rings (SSSR count). The molecule has 8 heteroatoms. The van der Waals surface area contributed by atoms with E-state index in [0.717, 1.165) is 17.7 Å². The van der Waals surface area contributed by atoms with Crippen LogP contribution in [0.5, 0.6) is 0 Å². The van der Waals surface area contributed by atoms with Gasteiger partial charge in [-0.2, -0.15) is 10.4 Å². The molecule has 1 aromatic carbocycles. The summed E-state index contributed by atoms with van der Waals surface area (Å²) in [4.78, 5) is 26.0. The van der Waals surface area contributed by atoms with E-state index in [-0.39, 0.29) is 37.1 Å². The van der Waals surface area contributed by atoms with Crippen LogP contribution in [0.25, 0.3) is 0 Å². The number of aromatic nitrogens is 2. The van der Waals surface area contributed by atoms with Crippen LogP contribution < -0.4 is 0 Å². The third kappa shape index (κ3) is 3.04. The first-order valence-corrected chi connectivity index (χ1v) is 8.11. The van der Waals surface area contributed by atoms with E-state index in [9.17, 15) is 19.1 Å². The molecule has 0 unspecified atom stereocenters. The number of aliphatic carboxylic acids is 1. The van der Waals surface area contributed by atoms with Crippen molar-refractivity contribution in [3.05, 3.63) is 53.1 Å². The second-order valence-corrected chi connectivity index (χ2v) is 6.43. The molecule has 2 aromatic rings. The lowest BCUT2D eigenvalue weighted by Crippen LogP contribution is -2.52. The largest absolute Gasteiger partial charge is 0.479 e. The summed E-state index contributed by atoms with van der Waals surface area (Å²) in [5, 5.41) is 22.8. The third-order valence-electron chi connectivity index (χ3n) is 4.70. The van der Waals surface area contributed by atoms with Gasteiger partial charge in [0.2, 0.25) is 0 Å². The van der Waals surface area contributed by atoms with Crippen molar-refractivity contribution in [1.82, 2.24) is 14.7 Å². The monoisotopic (exact) mass is 356 g/mol. The van der Waals surface area contributed by atoms with Gasteiger partial charge in [0, 0.05) is 37.7 Å². The molecule has 1 amide bonds. The fourth-order valence-corrected chi connectivity index (χ4v) is 3.23. The van der Waals surface area contributed by atoms with Crippen molar-refractivity contribution in [3.8, 4) is 6.07 Å². The topological polar surface area (TPSA) is 99.2 Å². The van der Waals surface area contributed by atoms with Crippen LogP contribution in [-0.2, 0) is 10.3 Å². The molecule has 2 heterocycles. The van der Waals surface area contributed by atoms with Gasteiger partial charge >= 0.3 is 5.97 Å². The third-order valence-corrected chi connectivity index (χ3v) is 4.70. The van der Waals surface area contributed by atoms with Gasteiger partial charge in [-0.15, -0.1) is 0 Å². The summed E-state index contributed by atoms with van der Waals surface area (Å²) in [6.45, 7) is 2.22. The number of likely N-dealkylation sites (tertiary alicyclic amines) is 1. The molecule has 0 radical (unpaired) electrons. The van der Waals surface area contributed by atoms with Crippen molar-refractivity contribution in [2.75, 3.05) is 13.1 Å². The van der Waals surface area contributed by atoms with Crippen molar-refractivity contribution in [2.24, 2.45) is 0 Å². The van der Waals surface area contributed by atoms with E-state index in [1.165, 1.54) is 15.6 Å². The molecule has 0 spiro atoms. The highest BCUT2D eigenvalue weighted by atomic mass is 19.1. The van der Waals surface area contributed by atoms with Crippen LogP contribution in [0.2, 0.25) is 0 Å². The Morgan fingerprint density at radius 2 is 2.00 bits per heavy atom. The van der Waals surface area contributed by atoms with E-state index in [1.54, 1.807) is 12.4 Å². The van der Waals surface area contributed by atoms with E-state index in [4.69, 9.17) is 5.26 Å². The molecular weight excluding hydrogens is 339 g/mol. The number of aryl methyl sites for hydroxylation is 1. The van der Waals surface area contributed by atoms with Gasteiger partial charge in [-0.3, -0.25) is 9.48 Å². The molecule has 1 aliphatic heterocycles. The van der Waals surface area contributed by atoms with Crippen molar-refractivity contribution in [1.29, 1.82) is 5.26 Å². The van der Waals surface area contributed by atoms with E-state index >= 15 is 0 Å². The second kappa shape index (κ2) is 6.59. The Bertz CT molecular complexity index is 907. The highest BCUT2D eigenvalue weighted by Crippen LogP contribution is 2.31. The molecule has 134 valence electrons. The lowest BCUT2D eigenvalue weighted by Gasteiger charge is -2.39. The van der Waals surface area contributed by atoms with Crippen molar-refractivity contribution in [3.63, 3.8) is 0 Å². The van der Waals surface area contributed by atoms with Crippen LogP contribution in [0.1, 0.15) is 34.3 Å². The number of piperidine rings is 1. The normalized spacial score (nSPS) is 16.1. The summed E-state index contributed by atoms with van der Waals surface area (Å²) >= 11 is 0. The molecule has 0 saturated carbocycles. The molecule has 1 saturated heterocycles. The molecule has 0 bridgehead atoms. The fraction of sp³-hybridized carbons (Fsp3) is 0.333. The van der Waals surface area contributed by atoms with Crippen LogP contribution in [-0.4, -0.2) is 44.8 Å². The number of halogens is 1. The predicted octanol–water partition coefficient (Wildman–Crippen LogP) is 1.92. The van der Waals surface area contributed by atoms with Gasteiger partial charge in [0.15, 0.2) is 5.54 Å². The number of carboxylic acid groups (broad SMARTS) is 1. The average molecular weight is 356 g/mol. The smallest absolute Gasteiger partial charge is 0.331 e. The number of nitriles is 1. The highest BCUT2D eigenvalue weighted by molar-refractivity contribution is 5.94. The van der Waals surface area contributed by atoms with E-state index in [0.29, 0.717) is 0 Å². The zero-order valence-electron chi connectivity index (χ0n) is 14.1. The Morgan fingerprint density at radius 3 is 2.54 bits per heavy atom. The first kappa shape index (κ1) is 17.6. The van der Waals surface area contributed by atoms with E-state index in [2.05, 4.69) is 5.10 Å². The number of carbonyl (C=O) groups is 2. The molecule has 1 N–H and O–H groups in total. The Labute approximate surface area is 149 Å². The fourth-order valence-electron chi connectivity index (χ4n) is 3.23. The van der Waals surface area contributed by atoms with Crippen LogP contribution in [0.3, 0.4) is 0 Å². The van der Waals surface area contributed by atoms with Gasteiger partial charge in [-0.1, -0.05) is 0 Å². The first-order valence-electron chi connectivity index (χ1n) is 8.11. The minimum absolute atomic E-state index is 0.0669. The Kier molecular flexibility index (Phi) is 4.47. The maximum atomic E-state index is 13.6. The number of carboxylic acids is 1. The molecule has 26 heavy (non-hydrogen) atoms. The van der Waals surface area contributed by atoms with Crippen LogP contribution in [0, 0.1) is 24.1 Å². The van der Waals surface area contributed by atoms with Gasteiger partial charge in [0.05, 0.1) is 17.8 Å². The highest BCUT2D eigenvalue weighted by Gasteiger charge is 2.45. The Morgan fingerprint density at radius 1 is 1.31 bits per heavy atom. The molecule has 1 fully saturated rings. The number of hydrogen-bond acceptors (Lipinski definition) is 4. The van der Waals surface area contributed by atoms with E-state index < -0.39 is 23.2 Å². The van der Waals surface area contributed by atoms with Gasteiger partial charge in [0.1, 0.15) is 5.82 Å². The van der Waals surface area contributed by atoms with Crippen molar-refractivity contribution in [2.45, 2.75) is 25.3 Å². The van der Waals surface area contributed by atoms with Gasteiger partial charge in [0.25, 0.3) is 5.91 Å². The standard InChI is InChI=1S/C18H17FN4O3/c1-12-10-21-23(11-12)18(17(25)26)2-4-22(5-3-18)16(24)14-6-13(9-20)7-15(19)8-14/h6-8,10-11H,2-5H2,1H3,(H,25,26). The summed E-state index contributed by atoms with van der Waals surface area (Å²) < 4.78 is 15.0. The summed E-state index contributed by atoms with van der Waals surface area (Å²) in [7, 11) is 0. The first-order chi connectivity index (χ1) is 12.4. The number of hydrogen-bond donors (Lipinski definition) is 1. The molecule has 1 aliphatic rings. The average Bonchev–Trinajstić information content (AvgIpc) is 3.07. The maximum absolute atomic E-state index is 13.6. The van der Waals surface area contributed by atoms with Crippen molar-refractivity contribution >= 4 is 11.9 Å². The quantitative estimate of drug-likeness (QED) is 0.906. The minimum atomic E-state index is -1.20. The molecule has 0 atom stereocenters. The number of rotatable bonds is 3. The Hall–Kier alpha value is -3.21. The maximum Gasteiger partial charge on any atom is 0.331 e. The van der Waals surface area contributed by atoms with Gasteiger partial charge < -0.3 is 10.0 Å². The molecule has 0 aliphatic carbocycles. The lowest BCUT2D eigenvalue weighted by atomic mass is 9.87. The number of nitrogens with zero attached hydrogens (tertiary/aromatic N) is 4. The van der Waals surface area contributed by atoms with Gasteiger partial charge in [-0.25, -0.2) is 9.18 Å². The van der Waals surface area contributed by atoms with Crippen LogP contribution in [0.15, 0.2) is 30.6 Å². The predicted molar refractivity (Wildman–Crippen MR) is 88.8 cm³/mol. The molecular formula is C18H17FN4O3. The van der Waals surface area contributed by atoms with Gasteiger partial charge in [-0.05, 0) is 30.7 Å². The van der Waals surface area contributed by atoms with Crippen molar-refractivity contribution < 1.29 is 19.1 Å². The summed E-state index contributed by atoms with van der Waals surface area (Å²) in [5.74, 6) is -2.07. The Balaban J connectivity index is 1.81. The summed E-state index contributed by atoms with van der Waals surface area (Å²) in [6.07, 6.45) is 3.65. The second-order valence-electron chi connectivity index (χ2n) is 6.43. The zero-order valence-corrected chi connectivity index (χ0v) is 14.1. The SMILES string of the molecule is Cc1cnn(C2(C(=O)O)CCN(C(=O)c3cc(F)cc(C#N)c3)CC2)c1. The summed E-state index contributed by atoms with van der Waals surface area (Å²) in [6, 6.07) is 5.29. The van der Waals surface area contributed by atoms with Crippen LogP contribution in [0.4, 0.5) is 4.39 Å². The number of benzene rings is 1. The van der Waals surface area contributed by atoms with E-state index in [1.807, 2.05) is 13.0 Å².